The molecule has 0 aliphatic heterocycles. The number of carbonyl (C=O) groups excluding carboxylic acids is 1. The van der Waals surface area contributed by atoms with Gasteiger partial charge in [-0.25, -0.2) is 0 Å². The summed E-state index contributed by atoms with van der Waals surface area (Å²) >= 11 is 0. The molecular weight excluding hydrogens is 202 g/mol. The summed E-state index contributed by atoms with van der Waals surface area (Å²) in [6, 6.07) is 0. The molecule has 0 amide bonds. The van der Waals surface area contributed by atoms with Gasteiger partial charge in [-0.3, -0.25) is 4.79 Å². The maximum Gasteiger partial charge on any atom is 0.146 e. The molecule has 96 valence electrons. The predicted octanol–water partition coefficient (Wildman–Crippen LogP) is 2.41. The van der Waals surface area contributed by atoms with E-state index in [2.05, 4.69) is 0 Å². The molecule has 16 heavy (non-hydrogen) atoms. The minimum atomic E-state index is 0.184. The summed E-state index contributed by atoms with van der Waals surface area (Å²) in [7, 11) is 0. The number of ketones is 1. The lowest BCUT2D eigenvalue weighted by molar-refractivity contribution is -0.117. The summed E-state index contributed by atoms with van der Waals surface area (Å²) in [4.78, 5) is 10.9. The molecule has 0 unspecified atom stereocenters. The third-order valence-corrected chi connectivity index (χ3v) is 2.84. The average molecular weight is 229 g/mol. The minimum absolute atomic E-state index is 0.184. The standard InChI is InChI=1S/C13H27NO2/c14-12-13(16)10-8-6-4-2-1-3-5-7-9-11-15/h15H,1-12,14H2. The van der Waals surface area contributed by atoms with Crippen LogP contribution in [0.4, 0.5) is 0 Å². The van der Waals surface area contributed by atoms with Crippen LogP contribution in [0.1, 0.15) is 64.2 Å². The first kappa shape index (κ1) is 15.6. The molecule has 0 aromatic carbocycles. The van der Waals surface area contributed by atoms with E-state index in [4.69, 9.17) is 10.8 Å². The number of hydrogen-bond donors (Lipinski definition) is 2. The first-order chi connectivity index (χ1) is 7.81. The van der Waals surface area contributed by atoms with Crippen molar-refractivity contribution in [2.75, 3.05) is 13.2 Å². The second-order valence-corrected chi connectivity index (χ2v) is 4.40. The molecule has 0 saturated carbocycles. The second kappa shape index (κ2) is 12.7. The molecule has 0 radical (unpaired) electrons. The van der Waals surface area contributed by atoms with Crippen LogP contribution in [0.25, 0.3) is 0 Å². The van der Waals surface area contributed by atoms with Crippen LogP contribution in [-0.2, 0) is 4.79 Å². The highest BCUT2D eigenvalue weighted by Crippen LogP contribution is 2.10. The molecule has 0 saturated heterocycles. The zero-order valence-corrected chi connectivity index (χ0v) is 10.4. The SMILES string of the molecule is NCC(=O)CCCCCCCCCCCO. The Hall–Kier alpha value is -0.410. The number of carbonyl (C=O) groups is 1. The normalized spacial score (nSPS) is 10.6. The summed E-state index contributed by atoms with van der Waals surface area (Å²) in [5.74, 6) is 0.184. The van der Waals surface area contributed by atoms with E-state index in [-0.39, 0.29) is 12.3 Å². The summed E-state index contributed by atoms with van der Waals surface area (Å²) in [6.07, 6.45) is 11.2. The van der Waals surface area contributed by atoms with Crippen molar-refractivity contribution in [2.45, 2.75) is 64.2 Å². The van der Waals surface area contributed by atoms with Gasteiger partial charge in [0.05, 0.1) is 6.54 Å². The number of aliphatic hydroxyl groups excluding tert-OH is 1. The summed E-state index contributed by atoms with van der Waals surface area (Å²) in [6.45, 7) is 0.528. The van der Waals surface area contributed by atoms with Gasteiger partial charge in [0.25, 0.3) is 0 Å². The van der Waals surface area contributed by atoms with Crippen molar-refractivity contribution in [3.8, 4) is 0 Å². The summed E-state index contributed by atoms with van der Waals surface area (Å²) in [5, 5.41) is 8.59. The predicted molar refractivity (Wildman–Crippen MR) is 67.3 cm³/mol. The lowest BCUT2D eigenvalue weighted by Gasteiger charge is -2.01. The number of aliphatic hydroxyl groups is 1. The Bertz CT molecular complexity index is 160. The van der Waals surface area contributed by atoms with E-state index in [1.807, 2.05) is 0 Å². The van der Waals surface area contributed by atoms with Gasteiger partial charge in [0, 0.05) is 13.0 Å². The number of Topliss-reactive ketones (excluding diaryl/α,β-unsaturated/α-hetero) is 1. The van der Waals surface area contributed by atoms with Crippen LogP contribution in [0.5, 0.6) is 0 Å². The van der Waals surface area contributed by atoms with E-state index < -0.39 is 0 Å². The lowest BCUT2D eigenvalue weighted by Crippen LogP contribution is -2.12. The zero-order chi connectivity index (χ0) is 12.1. The highest BCUT2D eigenvalue weighted by Gasteiger charge is 1.97. The van der Waals surface area contributed by atoms with Crippen LogP contribution in [0.2, 0.25) is 0 Å². The minimum Gasteiger partial charge on any atom is -0.396 e. The summed E-state index contributed by atoms with van der Waals surface area (Å²) < 4.78 is 0. The van der Waals surface area contributed by atoms with Crippen LogP contribution >= 0.6 is 0 Å². The first-order valence-electron chi connectivity index (χ1n) is 6.64. The third-order valence-electron chi connectivity index (χ3n) is 2.84. The molecule has 3 nitrogen and oxygen atoms in total. The number of nitrogens with two attached hydrogens (primary N) is 1. The average Bonchev–Trinajstić information content (AvgIpc) is 2.31. The van der Waals surface area contributed by atoms with E-state index in [9.17, 15) is 4.79 Å². The Labute approximate surface area is 99.4 Å². The highest BCUT2D eigenvalue weighted by atomic mass is 16.2. The van der Waals surface area contributed by atoms with Crippen LogP contribution in [0.3, 0.4) is 0 Å². The van der Waals surface area contributed by atoms with E-state index in [0.29, 0.717) is 13.0 Å². The van der Waals surface area contributed by atoms with Gasteiger partial charge in [0.15, 0.2) is 0 Å². The molecular formula is C13H27NO2. The van der Waals surface area contributed by atoms with Crippen LogP contribution in [0.15, 0.2) is 0 Å². The van der Waals surface area contributed by atoms with Crippen molar-refractivity contribution in [3.63, 3.8) is 0 Å². The van der Waals surface area contributed by atoms with Crippen LogP contribution in [-0.4, -0.2) is 24.0 Å². The topological polar surface area (TPSA) is 63.3 Å². The van der Waals surface area contributed by atoms with Crippen molar-refractivity contribution in [1.29, 1.82) is 0 Å². The Kier molecular flexibility index (Phi) is 12.3. The molecule has 0 atom stereocenters. The fourth-order valence-corrected chi connectivity index (χ4v) is 1.77. The fraction of sp³-hybridized carbons (Fsp3) is 0.923. The van der Waals surface area contributed by atoms with Crippen LogP contribution < -0.4 is 5.73 Å². The molecule has 3 heteroatoms. The van der Waals surface area contributed by atoms with Gasteiger partial charge >= 0.3 is 0 Å². The Morgan fingerprint density at radius 1 is 0.812 bits per heavy atom. The maximum absolute atomic E-state index is 10.9. The van der Waals surface area contributed by atoms with Crippen molar-refractivity contribution in [1.82, 2.24) is 0 Å². The molecule has 0 heterocycles. The Morgan fingerprint density at radius 2 is 1.25 bits per heavy atom. The molecule has 0 aromatic heterocycles. The lowest BCUT2D eigenvalue weighted by atomic mass is 10.1. The van der Waals surface area contributed by atoms with Gasteiger partial charge in [0.1, 0.15) is 5.78 Å². The molecule has 0 rings (SSSR count). The van der Waals surface area contributed by atoms with Gasteiger partial charge in [-0.15, -0.1) is 0 Å². The van der Waals surface area contributed by atoms with Gasteiger partial charge in [-0.05, 0) is 12.8 Å². The zero-order valence-electron chi connectivity index (χ0n) is 10.4. The molecule has 0 aromatic rings. The van der Waals surface area contributed by atoms with Gasteiger partial charge in [-0.2, -0.15) is 0 Å². The largest absolute Gasteiger partial charge is 0.396 e. The molecule has 0 spiro atoms. The monoisotopic (exact) mass is 229 g/mol. The fourth-order valence-electron chi connectivity index (χ4n) is 1.77. The van der Waals surface area contributed by atoms with Gasteiger partial charge in [0.2, 0.25) is 0 Å². The van der Waals surface area contributed by atoms with E-state index in [0.717, 1.165) is 25.7 Å². The van der Waals surface area contributed by atoms with E-state index in [1.165, 1.54) is 32.1 Å². The molecule has 0 aliphatic rings. The molecule has 3 N–H and O–H groups in total. The number of unbranched alkanes of at least 4 members (excludes halogenated alkanes) is 8. The van der Waals surface area contributed by atoms with Crippen molar-refractivity contribution >= 4 is 5.78 Å². The molecule has 0 bridgehead atoms. The first-order valence-corrected chi connectivity index (χ1v) is 6.64. The number of rotatable bonds is 12. The smallest absolute Gasteiger partial charge is 0.146 e. The van der Waals surface area contributed by atoms with E-state index in [1.54, 1.807) is 0 Å². The van der Waals surface area contributed by atoms with Crippen molar-refractivity contribution < 1.29 is 9.90 Å². The Morgan fingerprint density at radius 3 is 1.69 bits per heavy atom. The molecule has 0 fully saturated rings. The van der Waals surface area contributed by atoms with Gasteiger partial charge in [-0.1, -0.05) is 44.9 Å². The quantitative estimate of drug-likeness (QED) is 0.505. The highest BCUT2D eigenvalue weighted by molar-refractivity contribution is 5.80. The third kappa shape index (κ3) is 11.7. The van der Waals surface area contributed by atoms with Crippen LogP contribution in [0, 0.1) is 0 Å². The van der Waals surface area contributed by atoms with Gasteiger partial charge < -0.3 is 10.8 Å². The second-order valence-electron chi connectivity index (χ2n) is 4.40. The van der Waals surface area contributed by atoms with E-state index >= 15 is 0 Å². The van der Waals surface area contributed by atoms with Crippen molar-refractivity contribution in [3.05, 3.63) is 0 Å². The van der Waals surface area contributed by atoms with Crippen molar-refractivity contribution in [2.24, 2.45) is 5.73 Å². The summed E-state index contributed by atoms with van der Waals surface area (Å²) in [5.41, 5.74) is 5.23. The Balaban J connectivity index is 2.96. The number of hydrogen-bond acceptors (Lipinski definition) is 3. The molecule has 0 aliphatic carbocycles. The maximum atomic E-state index is 10.9.